The van der Waals surface area contributed by atoms with E-state index in [9.17, 15) is 26.4 Å². The molecule has 0 spiro atoms. The SMILES string of the molecule is Cc1cc(C2(C)CCc3cc(OS(=O)(=O)C(F)(F)F)ccc3C2=O)nc(C)n1. The number of halogens is 3. The van der Waals surface area contributed by atoms with Crippen molar-refractivity contribution in [2.75, 3.05) is 0 Å². The van der Waals surface area contributed by atoms with E-state index in [2.05, 4.69) is 14.2 Å². The molecule has 2 aromatic rings. The number of ketones is 1. The number of nitrogens with zero attached hydrogens (tertiary/aromatic N) is 2. The Hall–Kier alpha value is -2.49. The van der Waals surface area contributed by atoms with Crippen LogP contribution in [0.3, 0.4) is 0 Å². The van der Waals surface area contributed by atoms with Crippen LogP contribution >= 0.6 is 0 Å². The molecule has 0 aliphatic heterocycles. The zero-order valence-corrected chi connectivity index (χ0v) is 16.1. The van der Waals surface area contributed by atoms with E-state index in [1.807, 2.05) is 0 Å². The lowest BCUT2D eigenvalue weighted by Gasteiger charge is -2.33. The molecule has 0 saturated heterocycles. The molecular weight excluding hydrogens is 397 g/mol. The maximum atomic E-state index is 13.1. The van der Waals surface area contributed by atoms with E-state index in [0.29, 0.717) is 35.5 Å². The molecule has 10 heteroatoms. The average Bonchev–Trinajstić information content (AvgIpc) is 2.56. The van der Waals surface area contributed by atoms with E-state index in [0.717, 1.165) is 17.8 Å². The van der Waals surface area contributed by atoms with Crippen molar-refractivity contribution in [2.45, 2.75) is 44.5 Å². The number of aryl methyl sites for hydroxylation is 3. The molecule has 0 N–H and O–H groups in total. The van der Waals surface area contributed by atoms with Crippen LogP contribution in [0.15, 0.2) is 24.3 Å². The molecule has 1 atom stereocenters. The van der Waals surface area contributed by atoms with E-state index in [1.165, 1.54) is 6.07 Å². The molecule has 1 aliphatic carbocycles. The molecular formula is C18H17F3N2O4S. The van der Waals surface area contributed by atoms with Gasteiger partial charge in [-0.1, -0.05) is 0 Å². The fraction of sp³-hybridized carbons (Fsp3) is 0.389. The molecule has 0 radical (unpaired) electrons. The minimum atomic E-state index is -5.77. The van der Waals surface area contributed by atoms with Gasteiger partial charge in [-0.2, -0.15) is 21.6 Å². The van der Waals surface area contributed by atoms with Gasteiger partial charge in [-0.05, 0) is 63.4 Å². The molecule has 1 unspecified atom stereocenters. The van der Waals surface area contributed by atoms with E-state index < -0.39 is 26.8 Å². The van der Waals surface area contributed by atoms with Gasteiger partial charge in [-0.25, -0.2) is 9.97 Å². The van der Waals surface area contributed by atoms with Crippen molar-refractivity contribution in [3.8, 4) is 5.75 Å². The van der Waals surface area contributed by atoms with Crippen molar-refractivity contribution in [1.29, 1.82) is 0 Å². The van der Waals surface area contributed by atoms with Gasteiger partial charge in [0.15, 0.2) is 5.78 Å². The first-order valence-corrected chi connectivity index (χ1v) is 9.75. The van der Waals surface area contributed by atoms with Crippen molar-refractivity contribution in [2.24, 2.45) is 0 Å². The second-order valence-corrected chi connectivity index (χ2v) is 8.44. The van der Waals surface area contributed by atoms with Crippen LogP contribution in [-0.4, -0.2) is 29.7 Å². The van der Waals surface area contributed by atoms with Gasteiger partial charge in [0, 0.05) is 11.3 Å². The second-order valence-electron chi connectivity index (χ2n) is 6.91. The smallest absolute Gasteiger partial charge is 0.376 e. The van der Waals surface area contributed by atoms with Crippen LogP contribution in [0.5, 0.6) is 5.75 Å². The number of Topliss-reactive ketones (excluding diaryl/α,β-unsaturated/α-hetero) is 1. The maximum absolute atomic E-state index is 13.1. The van der Waals surface area contributed by atoms with Crippen LogP contribution in [0.1, 0.15) is 46.5 Å². The van der Waals surface area contributed by atoms with E-state index >= 15 is 0 Å². The molecule has 28 heavy (non-hydrogen) atoms. The summed E-state index contributed by atoms with van der Waals surface area (Å²) in [4.78, 5) is 21.7. The number of aromatic nitrogens is 2. The third-order valence-corrected chi connectivity index (χ3v) is 5.72. The maximum Gasteiger partial charge on any atom is 0.534 e. The van der Waals surface area contributed by atoms with Crippen LogP contribution < -0.4 is 4.18 Å². The summed E-state index contributed by atoms with van der Waals surface area (Å²) in [6.07, 6.45) is 0.715. The molecule has 1 heterocycles. The molecule has 0 bridgehead atoms. The summed E-state index contributed by atoms with van der Waals surface area (Å²) in [7, 11) is -5.77. The molecule has 1 aromatic carbocycles. The largest absolute Gasteiger partial charge is 0.534 e. The Morgan fingerprint density at radius 2 is 1.82 bits per heavy atom. The summed E-state index contributed by atoms with van der Waals surface area (Å²) >= 11 is 0. The first-order valence-electron chi connectivity index (χ1n) is 8.35. The van der Waals surface area contributed by atoms with E-state index in [4.69, 9.17) is 0 Å². The summed E-state index contributed by atoms with van der Waals surface area (Å²) in [6.45, 7) is 5.29. The number of hydrogen-bond donors (Lipinski definition) is 0. The predicted octanol–water partition coefficient (Wildman–Crippen LogP) is 3.41. The summed E-state index contributed by atoms with van der Waals surface area (Å²) in [6, 6.07) is 5.23. The molecule has 0 fully saturated rings. The Morgan fingerprint density at radius 1 is 1.14 bits per heavy atom. The molecule has 1 aromatic heterocycles. The Bertz CT molecular complexity index is 1050. The van der Waals surface area contributed by atoms with Crippen molar-refractivity contribution < 1.29 is 30.6 Å². The number of benzene rings is 1. The van der Waals surface area contributed by atoms with E-state index in [-0.39, 0.29) is 5.78 Å². The Kier molecular flexibility index (Phi) is 4.73. The number of fused-ring (bicyclic) bond motifs is 1. The Balaban J connectivity index is 1.96. The van der Waals surface area contributed by atoms with Crippen molar-refractivity contribution in [3.05, 3.63) is 52.6 Å². The highest BCUT2D eigenvalue weighted by Crippen LogP contribution is 2.39. The van der Waals surface area contributed by atoms with E-state index in [1.54, 1.807) is 26.8 Å². The third-order valence-electron chi connectivity index (χ3n) is 4.74. The summed E-state index contributed by atoms with van der Waals surface area (Å²) in [5, 5.41) is 0. The van der Waals surface area contributed by atoms with Gasteiger partial charge in [0.1, 0.15) is 11.6 Å². The number of carbonyl (C=O) groups is 1. The minimum absolute atomic E-state index is 0.239. The van der Waals surface area contributed by atoms with Crippen LogP contribution in [0.2, 0.25) is 0 Å². The van der Waals surface area contributed by atoms with Crippen molar-refractivity contribution in [3.63, 3.8) is 0 Å². The lowest BCUT2D eigenvalue weighted by molar-refractivity contribution is -0.0500. The summed E-state index contributed by atoms with van der Waals surface area (Å²) in [5.74, 6) is -0.186. The highest BCUT2D eigenvalue weighted by atomic mass is 32.2. The number of carbonyl (C=O) groups excluding carboxylic acids is 1. The van der Waals surface area contributed by atoms with Gasteiger partial charge in [0.25, 0.3) is 0 Å². The summed E-state index contributed by atoms with van der Waals surface area (Å²) < 4.78 is 64.0. The first-order chi connectivity index (χ1) is 12.8. The van der Waals surface area contributed by atoms with Gasteiger partial charge in [0.2, 0.25) is 0 Å². The molecule has 0 amide bonds. The average molecular weight is 414 g/mol. The highest BCUT2D eigenvalue weighted by Gasteiger charge is 2.49. The topological polar surface area (TPSA) is 86.2 Å². The van der Waals surface area contributed by atoms with Crippen LogP contribution in [0, 0.1) is 13.8 Å². The van der Waals surface area contributed by atoms with Crippen LogP contribution in [0.25, 0.3) is 0 Å². The van der Waals surface area contributed by atoms with Gasteiger partial charge >= 0.3 is 15.6 Å². The minimum Gasteiger partial charge on any atom is -0.376 e. The van der Waals surface area contributed by atoms with Gasteiger partial charge in [-0.3, -0.25) is 4.79 Å². The zero-order chi connectivity index (χ0) is 20.9. The molecule has 0 saturated carbocycles. The zero-order valence-electron chi connectivity index (χ0n) is 15.3. The summed E-state index contributed by atoms with van der Waals surface area (Å²) in [5.41, 5.74) is -4.40. The molecule has 6 nitrogen and oxygen atoms in total. The standard InChI is InChI=1S/C18H17F3N2O4S/c1-10-8-15(23-11(2)22-10)17(3)7-6-12-9-13(4-5-14(12)16(17)24)27-28(25,26)18(19,20)21/h4-5,8-9H,6-7H2,1-3H3. The number of rotatable bonds is 3. The van der Waals surface area contributed by atoms with Crippen molar-refractivity contribution in [1.82, 2.24) is 9.97 Å². The molecule has 150 valence electrons. The number of alkyl halides is 3. The molecule has 3 rings (SSSR count). The van der Waals surface area contributed by atoms with Crippen molar-refractivity contribution >= 4 is 15.9 Å². The third kappa shape index (κ3) is 3.48. The van der Waals surface area contributed by atoms with Crippen LogP contribution in [-0.2, 0) is 22.0 Å². The Morgan fingerprint density at radius 3 is 2.43 bits per heavy atom. The normalized spacial score (nSPS) is 20.0. The fourth-order valence-corrected chi connectivity index (χ4v) is 3.72. The predicted molar refractivity (Wildman–Crippen MR) is 93.6 cm³/mol. The fourth-order valence-electron chi connectivity index (χ4n) is 3.26. The highest BCUT2D eigenvalue weighted by molar-refractivity contribution is 7.88. The van der Waals surface area contributed by atoms with Gasteiger partial charge < -0.3 is 4.18 Å². The quantitative estimate of drug-likeness (QED) is 0.565. The second kappa shape index (κ2) is 6.54. The Labute approximate surface area is 159 Å². The van der Waals surface area contributed by atoms with Gasteiger partial charge in [0.05, 0.1) is 11.1 Å². The molecule has 1 aliphatic rings. The van der Waals surface area contributed by atoms with Crippen LogP contribution in [0.4, 0.5) is 13.2 Å². The number of hydrogen-bond acceptors (Lipinski definition) is 6. The van der Waals surface area contributed by atoms with Gasteiger partial charge in [-0.15, -0.1) is 0 Å². The first kappa shape index (κ1) is 20.2. The lowest BCUT2D eigenvalue weighted by atomic mass is 9.69. The lowest BCUT2D eigenvalue weighted by Crippen LogP contribution is -2.38. The monoisotopic (exact) mass is 414 g/mol.